The molecule has 1 nitrogen and oxygen atoms in total. The molecular formula is C17H19FO. The minimum Gasteiger partial charge on any atom is -0.388 e. The zero-order chi connectivity index (χ0) is 14.0. The van der Waals surface area contributed by atoms with E-state index in [1.807, 2.05) is 32.9 Å². The van der Waals surface area contributed by atoms with E-state index in [2.05, 4.69) is 6.07 Å². The molecule has 0 fully saturated rings. The van der Waals surface area contributed by atoms with Crippen molar-refractivity contribution in [1.29, 1.82) is 0 Å². The highest BCUT2D eigenvalue weighted by molar-refractivity contribution is 5.34. The summed E-state index contributed by atoms with van der Waals surface area (Å²) in [6.45, 7) is 5.91. The largest absolute Gasteiger partial charge is 0.388 e. The van der Waals surface area contributed by atoms with E-state index >= 15 is 0 Å². The Kier molecular flexibility index (Phi) is 4.01. The minimum absolute atomic E-state index is 0.234. The molecule has 19 heavy (non-hydrogen) atoms. The molecule has 0 heterocycles. The first kappa shape index (κ1) is 13.8. The van der Waals surface area contributed by atoms with Crippen molar-refractivity contribution in [3.8, 4) is 0 Å². The van der Waals surface area contributed by atoms with Crippen LogP contribution in [0.4, 0.5) is 4.39 Å². The summed E-state index contributed by atoms with van der Waals surface area (Å²) in [5.74, 6) is -0.234. The van der Waals surface area contributed by atoms with Crippen LogP contribution in [0, 0.1) is 26.6 Å². The van der Waals surface area contributed by atoms with Crippen LogP contribution in [0.5, 0.6) is 0 Å². The van der Waals surface area contributed by atoms with Crippen LogP contribution >= 0.6 is 0 Å². The first-order chi connectivity index (χ1) is 8.97. The number of hydrogen-bond acceptors (Lipinski definition) is 1. The highest BCUT2D eigenvalue weighted by atomic mass is 19.1. The first-order valence-corrected chi connectivity index (χ1v) is 6.47. The van der Waals surface area contributed by atoms with Crippen molar-refractivity contribution in [1.82, 2.24) is 0 Å². The van der Waals surface area contributed by atoms with Gasteiger partial charge in [-0.2, -0.15) is 0 Å². The average molecular weight is 258 g/mol. The molecule has 2 aromatic rings. The van der Waals surface area contributed by atoms with Gasteiger partial charge in [-0.15, -0.1) is 0 Å². The number of aliphatic hydroxyl groups is 1. The number of benzene rings is 2. The van der Waals surface area contributed by atoms with Crippen LogP contribution in [0.1, 0.15) is 33.9 Å². The van der Waals surface area contributed by atoms with Crippen LogP contribution in [0.3, 0.4) is 0 Å². The predicted octanol–water partition coefficient (Wildman–Crippen LogP) is 4.03. The molecule has 0 radical (unpaired) electrons. The number of halogens is 1. The molecule has 0 aliphatic rings. The van der Waals surface area contributed by atoms with Gasteiger partial charge in [0, 0.05) is 6.42 Å². The molecule has 2 rings (SSSR count). The maximum atomic E-state index is 13.1. The lowest BCUT2D eigenvalue weighted by atomic mass is 9.94. The van der Waals surface area contributed by atoms with E-state index in [-0.39, 0.29) is 5.82 Å². The highest BCUT2D eigenvalue weighted by Crippen LogP contribution is 2.24. The fourth-order valence-corrected chi connectivity index (χ4v) is 2.41. The Hall–Kier alpha value is -1.67. The third-order valence-corrected chi connectivity index (χ3v) is 3.50. The first-order valence-electron chi connectivity index (χ1n) is 6.47. The molecule has 0 amide bonds. The lowest BCUT2D eigenvalue weighted by Crippen LogP contribution is -2.05. The standard InChI is InChI=1S/C17H19FO/c1-11-4-7-16(13(3)8-11)17(19)10-14-5-6-15(18)9-12(14)2/h4-9,17,19H,10H2,1-3H3. The van der Waals surface area contributed by atoms with Gasteiger partial charge in [0.1, 0.15) is 5.82 Å². The van der Waals surface area contributed by atoms with Crippen molar-refractivity contribution in [2.45, 2.75) is 33.3 Å². The molecule has 0 aliphatic heterocycles. The highest BCUT2D eigenvalue weighted by Gasteiger charge is 2.12. The molecule has 100 valence electrons. The smallest absolute Gasteiger partial charge is 0.123 e. The van der Waals surface area contributed by atoms with E-state index < -0.39 is 6.10 Å². The molecular weight excluding hydrogens is 239 g/mol. The van der Waals surface area contributed by atoms with Crippen LogP contribution in [0.25, 0.3) is 0 Å². The zero-order valence-corrected chi connectivity index (χ0v) is 11.6. The Morgan fingerprint density at radius 2 is 1.74 bits per heavy atom. The lowest BCUT2D eigenvalue weighted by Gasteiger charge is -2.15. The van der Waals surface area contributed by atoms with Gasteiger partial charge in [-0.25, -0.2) is 4.39 Å². The molecule has 0 saturated carbocycles. The number of aryl methyl sites for hydroxylation is 3. The average Bonchev–Trinajstić information content (AvgIpc) is 2.32. The topological polar surface area (TPSA) is 20.2 Å². The molecule has 0 bridgehead atoms. The third kappa shape index (κ3) is 3.21. The van der Waals surface area contributed by atoms with Gasteiger partial charge in [0.15, 0.2) is 0 Å². The van der Waals surface area contributed by atoms with E-state index in [1.165, 1.54) is 17.7 Å². The van der Waals surface area contributed by atoms with Gasteiger partial charge in [-0.05, 0) is 55.2 Å². The number of rotatable bonds is 3. The molecule has 1 unspecified atom stereocenters. The molecule has 1 atom stereocenters. The fraction of sp³-hybridized carbons (Fsp3) is 0.294. The second kappa shape index (κ2) is 5.54. The Morgan fingerprint density at radius 3 is 2.37 bits per heavy atom. The van der Waals surface area contributed by atoms with Crippen molar-refractivity contribution in [2.75, 3.05) is 0 Å². The van der Waals surface area contributed by atoms with E-state index in [0.29, 0.717) is 6.42 Å². The van der Waals surface area contributed by atoms with E-state index in [9.17, 15) is 9.50 Å². The Labute approximate surface area is 113 Å². The van der Waals surface area contributed by atoms with Gasteiger partial charge in [-0.1, -0.05) is 29.8 Å². The molecule has 1 N–H and O–H groups in total. The van der Waals surface area contributed by atoms with Crippen LogP contribution in [-0.2, 0) is 6.42 Å². The molecule has 2 aromatic carbocycles. The summed E-state index contributed by atoms with van der Waals surface area (Å²) in [5, 5.41) is 10.3. The second-order valence-corrected chi connectivity index (χ2v) is 5.15. The van der Waals surface area contributed by atoms with Crippen molar-refractivity contribution in [3.05, 3.63) is 70.0 Å². The second-order valence-electron chi connectivity index (χ2n) is 5.15. The van der Waals surface area contributed by atoms with Crippen molar-refractivity contribution in [2.24, 2.45) is 0 Å². The minimum atomic E-state index is -0.551. The fourth-order valence-electron chi connectivity index (χ4n) is 2.41. The Balaban J connectivity index is 2.23. The summed E-state index contributed by atoms with van der Waals surface area (Å²) < 4.78 is 13.1. The van der Waals surface area contributed by atoms with Gasteiger partial charge in [-0.3, -0.25) is 0 Å². The van der Waals surface area contributed by atoms with Gasteiger partial charge >= 0.3 is 0 Å². The summed E-state index contributed by atoms with van der Waals surface area (Å²) in [4.78, 5) is 0. The van der Waals surface area contributed by atoms with E-state index in [0.717, 1.165) is 22.3 Å². The SMILES string of the molecule is Cc1ccc(C(O)Cc2ccc(F)cc2C)c(C)c1. The number of aliphatic hydroxyl groups excluding tert-OH is 1. The summed E-state index contributed by atoms with van der Waals surface area (Å²) in [6, 6.07) is 10.7. The quantitative estimate of drug-likeness (QED) is 0.881. The molecule has 0 saturated heterocycles. The van der Waals surface area contributed by atoms with Crippen molar-refractivity contribution < 1.29 is 9.50 Å². The van der Waals surface area contributed by atoms with Crippen molar-refractivity contribution in [3.63, 3.8) is 0 Å². The van der Waals surface area contributed by atoms with Crippen LogP contribution < -0.4 is 0 Å². The summed E-state index contributed by atoms with van der Waals surface area (Å²) in [7, 11) is 0. The Bertz CT molecular complexity index is 590. The predicted molar refractivity (Wildman–Crippen MR) is 75.7 cm³/mol. The maximum absolute atomic E-state index is 13.1. The molecule has 0 spiro atoms. The molecule has 0 aromatic heterocycles. The van der Waals surface area contributed by atoms with E-state index in [1.54, 1.807) is 6.07 Å². The summed E-state index contributed by atoms with van der Waals surface area (Å²) in [5.41, 5.74) is 5.07. The van der Waals surface area contributed by atoms with Gasteiger partial charge in [0.25, 0.3) is 0 Å². The third-order valence-electron chi connectivity index (χ3n) is 3.50. The van der Waals surface area contributed by atoms with Gasteiger partial charge in [0.2, 0.25) is 0 Å². The number of hydrogen-bond donors (Lipinski definition) is 1. The molecule has 0 aliphatic carbocycles. The molecule has 2 heteroatoms. The van der Waals surface area contributed by atoms with Gasteiger partial charge in [0.05, 0.1) is 6.10 Å². The monoisotopic (exact) mass is 258 g/mol. The maximum Gasteiger partial charge on any atom is 0.123 e. The van der Waals surface area contributed by atoms with Gasteiger partial charge < -0.3 is 5.11 Å². The van der Waals surface area contributed by atoms with E-state index in [4.69, 9.17) is 0 Å². The summed E-state index contributed by atoms with van der Waals surface area (Å²) in [6.07, 6.45) is -0.0412. The van der Waals surface area contributed by atoms with Crippen LogP contribution in [0.15, 0.2) is 36.4 Å². The van der Waals surface area contributed by atoms with Crippen LogP contribution in [-0.4, -0.2) is 5.11 Å². The Morgan fingerprint density at radius 1 is 1.00 bits per heavy atom. The summed E-state index contributed by atoms with van der Waals surface area (Å²) >= 11 is 0. The van der Waals surface area contributed by atoms with Crippen LogP contribution in [0.2, 0.25) is 0 Å². The van der Waals surface area contributed by atoms with Crippen molar-refractivity contribution >= 4 is 0 Å². The normalized spacial score (nSPS) is 12.5. The lowest BCUT2D eigenvalue weighted by molar-refractivity contribution is 0.177. The zero-order valence-electron chi connectivity index (χ0n) is 11.6.